The van der Waals surface area contributed by atoms with Crippen molar-refractivity contribution in [1.82, 2.24) is 5.06 Å². The van der Waals surface area contributed by atoms with Gasteiger partial charge in [-0.3, -0.25) is 0 Å². The molecule has 4 heteroatoms. The van der Waals surface area contributed by atoms with Crippen molar-refractivity contribution in [3.63, 3.8) is 0 Å². The van der Waals surface area contributed by atoms with Crippen molar-refractivity contribution in [2.75, 3.05) is 13.1 Å². The van der Waals surface area contributed by atoms with Gasteiger partial charge in [-0.2, -0.15) is 5.06 Å². The zero-order valence-corrected chi connectivity index (χ0v) is 9.84. The normalized spacial score (nSPS) is 20.4. The standard InChI is InChI=1S/C13H19NO3/c15-10-12-4-2-1-3-11(12)9-13(16)5-7-14(17)8-6-13/h1-4,15-17H,5-10H2. The molecule has 94 valence electrons. The molecule has 0 saturated carbocycles. The largest absolute Gasteiger partial charge is 0.392 e. The van der Waals surface area contributed by atoms with Crippen LogP contribution in [0.3, 0.4) is 0 Å². The Labute approximate surface area is 101 Å². The van der Waals surface area contributed by atoms with Gasteiger partial charge in [0.2, 0.25) is 0 Å². The van der Waals surface area contributed by atoms with Gasteiger partial charge in [-0.1, -0.05) is 24.3 Å². The maximum atomic E-state index is 10.4. The molecule has 1 fully saturated rings. The minimum absolute atomic E-state index is 0.00161. The summed E-state index contributed by atoms with van der Waals surface area (Å²) in [6, 6.07) is 7.61. The molecule has 4 nitrogen and oxygen atoms in total. The first-order valence-corrected chi connectivity index (χ1v) is 5.97. The Morgan fingerprint density at radius 3 is 2.29 bits per heavy atom. The molecule has 2 rings (SSSR count). The quantitative estimate of drug-likeness (QED) is 0.732. The Balaban J connectivity index is 2.09. The Kier molecular flexibility index (Phi) is 3.79. The van der Waals surface area contributed by atoms with E-state index in [0.29, 0.717) is 32.4 Å². The summed E-state index contributed by atoms with van der Waals surface area (Å²) in [5.41, 5.74) is 1.10. The summed E-state index contributed by atoms with van der Waals surface area (Å²) in [5, 5.41) is 30.2. The zero-order chi connectivity index (χ0) is 12.3. The predicted octanol–water partition coefficient (Wildman–Crippen LogP) is 0.938. The average Bonchev–Trinajstić information content (AvgIpc) is 2.34. The van der Waals surface area contributed by atoms with E-state index in [9.17, 15) is 15.4 Å². The molecule has 0 unspecified atom stereocenters. The van der Waals surface area contributed by atoms with Crippen LogP contribution >= 0.6 is 0 Å². The molecule has 17 heavy (non-hydrogen) atoms. The van der Waals surface area contributed by atoms with Crippen molar-refractivity contribution in [2.24, 2.45) is 0 Å². The predicted molar refractivity (Wildman–Crippen MR) is 63.6 cm³/mol. The molecule has 3 N–H and O–H groups in total. The van der Waals surface area contributed by atoms with Gasteiger partial charge in [0.1, 0.15) is 0 Å². The summed E-state index contributed by atoms with van der Waals surface area (Å²) < 4.78 is 0. The van der Waals surface area contributed by atoms with E-state index in [1.807, 2.05) is 24.3 Å². The first kappa shape index (κ1) is 12.5. The van der Waals surface area contributed by atoms with Crippen molar-refractivity contribution >= 4 is 0 Å². The smallest absolute Gasteiger partial charge is 0.0714 e. The highest BCUT2D eigenvalue weighted by Crippen LogP contribution is 2.27. The van der Waals surface area contributed by atoms with Crippen LogP contribution in [0, 0.1) is 0 Å². The Hall–Kier alpha value is -0.940. The van der Waals surface area contributed by atoms with Crippen LogP contribution in [0.15, 0.2) is 24.3 Å². The number of hydroxylamine groups is 2. The Morgan fingerprint density at radius 2 is 1.71 bits per heavy atom. The summed E-state index contributed by atoms with van der Waals surface area (Å²) in [5.74, 6) is 0. The molecule has 1 heterocycles. The summed E-state index contributed by atoms with van der Waals surface area (Å²) in [6.45, 7) is 0.994. The van der Waals surface area contributed by atoms with E-state index in [-0.39, 0.29) is 6.61 Å². The van der Waals surface area contributed by atoms with Crippen LogP contribution in [-0.4, -0.2) is 39.2 Å². The zero-order valence-electron chi connectivity index (χ0n) is 9.84. The molecule has 0 radical (unpaired) electrons. The molecule has 0 aromatic heterocycles. The first-order chi connectivity index (χ1) is 8.13. The lowest BCUT2D eigenvalue weighted by molar-refractivity contribution is -0.146. The molecule has 0 spiro atoms. The molecular weight excluding hydrogens is 218 g/mol. The third-order valence-electron chi connectivity index (χ3n) is 3.48. The van der Waals surface area contributed by atoms with Gasteiger partial charge < -0.3 is 15.4 Å². The number of nitrogens with zero attached hydrogens (tertiary/aromatic N) is 1. The van der Waals surface area contributed by atoms with Crippen LogP contribution in [0.25, 0.3) is 0 Å². The molecule has 1 aliphatic heterocycles. The van der Waals surface area contributed by atoms with Gasteiger partial charge in [0.25, 0.3) is 0 Å². The highest BCUT2D eigenvalue weighted by Gasteiger charge is 2.32. The second-order valence-electron chi connectivity index (χ2n) is 4.78. The monoisotopic (exact) mass is 237 g/mol. The first-order valence-electron chi connectivity index (χ1n) is 5.97. The van der Waals surface area contributed by atoms with E-state index in [4.69, 9.17) is 0 Å². The number of hydrogen-bond donors (Lipinski definition) is 3. The van der Waals surface area contributed by atoms with Gasteiger partial charge in [0.15, 0.2) is 0 Å². The second kappa shape index (κ2) is 5.14. The van der Waals surface area contributed by atoms with Crippen LogP contribution < -0.4 is 0 Å². The Morgan fingerprint density at radius 1 is 1.12 bits per heavy atom. The van der Waals surface area contributed by atoms with Gasteiger partial charge in [-0.15, -0.1) is 0 Å². The van der Waals surface area contributed by atoms with Crippen molar-refractivity contribution in [3.05, 3.63) is 35.4 Å². The van der Waals surface area contributed by atoms with E-state index in [1.54, 1.807) is 0 Å². The summed E-state index contributed by atoms with van der Waals surface area (Å²) in [4.78, 5) is 0. The summed E-state index contributed by atoms with van der Waals surface area (Å²) in [6.07, 6.45) is 1.66. The molecule has 0 atom stereocenters. The van der Waals surface area contributed by atoms with E-state index < -0.39 is 5.60 Å². The minimum Gasteiger partial charge on any atom is -0.392 e. The minimum atomic E-state index is -0.759. The van der Waals surface area contributed by atoms with Crippen LogP contribution in [0.2, 0.25) is 0 Å². The number of hydrogen-bond acceptors (Lipinski definition) is 4. The maximum Gasteiger partial charge on any atom is 0.0714 e. The third-order valence-corrected chi connectivity index (χ3v) is 3.48. The lowest BCUT2D eigenvalue weighted by atomic mass is 9.84. The van der Waals surface area contributed by atoms with E-state index in [1.165, 1.54) is 5.06 Å². The number of piperidine rings is 1. The lowest BCUT2D eigenvalue weighted by Crippen LogP contribution is -2.44. The molecule has 0 aliphatic carbocycles. The van der Waals surface area contributed by atoms with Crippen molar-refractivity contribution in [1.29, 1.82) is 0 Å². The fourth-order valence-electron chi connectivity index (χ4n) is 2.33. The third kappa shape index (κ3) is 3.04. The van der Waals surface area contributed by atoms with Gasteiger partial charge in [-0.25, -0.2) is 0 Å². The van der Waals surface area contributed by atoms with Crippen molar-refractivity contribution in [2.45, 2.75) is 31.5 Å². The number of rotatable bonds is 3. The molecule has 1 aromatic rings. The molecule has 1 aliphatic rings. The highest BCUT2D eigenvalue weighted by molar-refractivity contribution is 5.28. The lowest BCUT2D eigenvalue weighted by Gasteiger charge is -2.35. The fourth-order valence-corrected chi connectivity index (χ4v) is 2.33. The van der Waals surface area contributed by atoms with E-state index in [0.717, 1.165) is 11.1 Å². The van der Waals surface area contributed by atoms with Gasteiger partial charge in [0.05, 0.1) is 12.2 Å². The number of aliphatic hydroxyl groups excluding tert-OH is 1. The van der Waals surface area contributed by atoms with Crippen molar-refractivity contribution < 1.29 is 15.4 Å². The summed E-state index contributed by atoms with van der Waals surface area (Å²) in [7, 11) is 0. The molecule has 0 bridgehead atoms. The van der Waals surface area contributed by atoms with Crippen LogP contribution in [0.1, 0.15) is 24.0 Å². The SMILES string of the molecule is OCc1ccccc1CC1(O)CCN(O)CC1. The number of aliphatic hydroxyl groups is 2. The van der Waals surface area contributed by atoms with Gasteiger partial charge >= 0.3 is 0 Å². The maximum absolute atomic E-state index is 10.4. The highest BCUT2D eigenvalue weighted by atomic mass is 16.5. The van der Waals surface area contributed by atoms with Gasteiger partial charge in [0, 0.05) is 19.5 Å². The fraction of sp³-hybridized carbons (Fsp3) is 0.538. The number of benzene rings is 1. The molecular formula is C13H19NO3. The van der Waals surface area contributed by atoms with Gasteiger partial charge in [-0.05, 0) is 24.0 Å². The molecule has 1 saturated heterocycles. The Bertz CT molecular complexity index is 373. The van der Waals surface area contributed by atoms with E-state index in [2.05, 4.69) is 0 Å². The molecule has 1 aromatic carbocycles. The topological polar surface area (TPSA) is 63.9 Å². The summed E-state index contributed by atoms with van der Waals surface area (Å²) >= 11 is 0. The van der Waals surface area contributed by atoms with E-state index >= 15 is 0 Å². The second-order valence-corrected chi connectivity index (χ2v) is 4.78. The van der Waals surface area contributed by atoms with Crippen LogP contribution in [-0.2, 0) is 13.0 Å². The van der Waals surface area contributed by atoms with Crippen LogP contribution in [0.4, 0.5) is 0 Å². The molecule has 0 amide bonds. The van der Waals surface area contributed by atoms with Crippen LogP contribution in [0.5, 0.6) is 0 Å². The average molecular weight is 237 g/mol. The van der Waals surface area contributed by atoms with Crippen molar-refractivity contribution in [3.8, 4) is 0 Å².